The molecule has 2 heterocycles. The highest BCUT2D eigenvalue weighted by Crippen LogP contribution is 2.32. The van der Waals surface area contributed by atoms with Crippen molar-refractivity contribution in [3.63, 3.8) is 0 Å². The number of likely N-dealkylation sites (N-methyl/N-ethyl adjacent to an activating group) is 1. The second-order valence-corrected chi connectivity index (χ2v) is 6.60. The van der Waals surface area contributed by atoms with Crippen LogP contribution in [0.3, 0.4) is 0 Å². The van der Waals surface area contributed by atoms with E-state index in [9.17, 15) is 13.2 Å². The number of ether oxygens (including phenoxy) is 1. The zero-order valence-corrected chi connectivity index (χ0v) is 16.4. The van der Waals surface area contributed by atoms with E-state index < -0.39 is 6.36 Å². The van der Waals surface area contributed by atoms with Gasteiger partial charge in [0.1, 0.15) is 5.82 Å². The van der Waals surface area contributed by atoms with Gasteiger partial charge >= 0.3 is 6.36 Å². The number of alkyl halides is 3. The van der Waals surface area contributed by atoms with Crippen molar-refractivity contribution < 1.29 is 17.9 Å². The van der Waals surface area contributed by atoms with E-state index in [-0.39, 0.29) is 11.4 Å². The van der Waals surface area contributed by atoms with Crippen molar-refractivity contribution in [1.82, 2.24) is 19.9 Å². The van der Waals surface area contributed by atoms with Crippen molar-refractivity contribution in [2.24, 2.45) is 0 Å². The summed E-state index contributed by atoms with van der Waals surface area (Å²) in [6, 6.07) is 11.0. The molecule has 30 heavy (non-hydrogen) atoms. The fraction of sp³-hybridized carbons (Fsp3) is 0.250. The topological polar surface area (TPSA) is 75.2 Å². The molecule has 0 fully saturated rings. The van der Waals surface area contributed by atoms with Gasteiger partial charge in [0.25, 0.3) is 0 Å². The molecule has 3 rings (SSSR count). The Hall–Kier alpha value is -3.40. The van der Waals surface area contributed by atoms with Gasteiger partial charge in [-0.1, -0.05) is 12.1 Å². The Morgan fingerprint density at radius 2 is 1.77 bits per heavy atom. The van der Waals surface area contributed by atoms with Crippen LogP contribution in [-0.4, -0.2) is 53.4 Å². The highest BCUT2D eigenvalue weighted by Gasteiger charge is 2.32. The molecule has 0 radical (unpaired) electrons. The smallest absolute Gasteiger partial charge is 0.404 e. The maximum absolute atomic E-state index is 12.7. The molecule has 2 aromatic heterocycles. The van der Waals surface area contributed by atoms with Gasteiger partial charge in [-0.05, 0) is 38.4 Å². The number of nitrogens with zero attached hydrogens (tertiary/aromatic N) is 4. The standard InChI is InChI=1S/C20H21F3N6O/c1-29(2)12-11-25-19-27-16(14-7-9-24-10-8-14)13-18(28-19)26-15-5-3-4-6-17(15)30-20(21,22)23/h3-10,13H,11-12H2,1-2H3,(H2,25,26,27,28). The summed E-state index contributed by atoms with van der Waals surface area (Å²) in [5.41, 5.74) is 1.52. The normalized spacial score (nSPS) is 11.4. The molecule has 0 amide bonds. The predicted octanol–water partition coefficient (Wildman–Crippen LogP) is 4.15. The highest BCUT2D eigenvalue weighted by atomic mass is 19.4. The molecule has 0 aliphatic carbocycles. The van der Waals surface area contributed by atoms with Gasteiger partial charge in [0.15, 0.2) is 5.75 Å². The summed E-state index contributed by atoms with van der Waals surface area (Å²) in [5.74, 6) is 0.321. The lowest BCUT2D eigenvalue weighted by atomic mass is 10.2. The molecule has 0 atom stereocenters. The summed E-state index contributed by atoms with van der Waals surface area (Å²) >= 11 is 0. The average Bonchev–Trinajstić information content (AvgIpc) is 2.69. The van der Waals surface area contributed by atoms with E-state index in [0.29, 0.717) is 24.0 Å². The van der Waals surface area contributed by atoms with Crippen molar-refractivity contribution >= 4 is 17.5 Å². The van der Waals surface area contributed by atoms with Gasteiger partial charge in [-0.15, -0.1) is 13.2 Å². The van der Waals surface area contributed by atoms with E-state index in [1.807, 2.05) is 19.0 Å². The third kappa shape index (κ3) is 6.31. The molecule has 0 aliphatic heterocycles. The number of hydrogen-bond donors (Lipinski definition) is 2. The number of pyridine rings is 1. The van der Waals surface area contributed by atoms with Gasteiger partial charge in [0, 0.05) is 37.1 Å². The van der Waals surface area contributed by atoms with E-state index in [1.54, 1.807) is 36.7 Å². The first kappa shape index (κ1) is 21.3. The van der Waals surface area contributed by atoms with Crippen LogP contribution in [0.25, 0.3) is 11.3 Å². The van der Waals surface area contributed by atoms with E-state index >= 15 is 0 Å². The molecule has 2 N–H and O–H groups in total. The van der Waals surface area contributed by atoms with Crippen LogP contribution in [0, 0.1) is 0 Å². The Kier molecular flexibility index (Phi) is 6.68. The number of hydrogen-bond acceptors (Lipinski definition) is 7. The molecule has 0 aliphatic rings. The number of anilines is 3. The second-order valence-electron chi connectivity index (χ2n) is 6.60. The summed E-state index contributed by atoms with van der Waals surface area (Å²) in [4.78, 5) is 14.9. The van der Waals surface area contributed by atoms with Gasteiger partial charge in [-0.25, -0.2) is 4.98 Å². The summed E-state index contributed by atoms with van der Waals surface area (Å²) in [6.07, 6.45) is -1.53. The van der Waals surface area contributed by atoms with E-state index in [2.05, 4.69) is 30.3 Å². The minimum absolute atomic E-state index is 0.133. The average molecular weight is 418 g/mol. The zero-order chi connectivity index (χ0) is 21.6. The largest absolute Gasteiger partial charge is 0.573 e. The van der Waals surface area contributed by atoms with Crippen LogP contribution in [-0.2, 0) is 0 Å². The van der Waals surface area contributed by atoms with Crippen molar-refractivity contribution in [2.75, 3.05) is 37.8 Å². The molecule has 0 unspecified atom stereocenters. The van der Waals surface area contributed by atoms with E-state index in [4.69, 9.17) is 0 Å². The lowest BCUT2D eigenvalue weighted by Crippen LogP contribution is -2.21. The van der Waals surface area contributed by atoms with Crippen LogP contribution in [0.1, 0.15) is 0 Å². The molecule has 3 aromatic rings. The molecular weight excluding hydrogens is 397 g/mol. The minimum Gasteiger partial charge on any atom is -0.404 e. The molecule has 0 saturated heterocycles. The molecule has 10 heteroatoms. The van der Waals surface area contributed by atoms with Crippen molar-refractivity contribution in [2.45, 2.75) is 6.36 Å². The monoisotopic (exact) mass is 418 g/mol. The molecular formula is C20H21F3N6O. The fourth-order valence-corrected chi connectivity index (χ4v) is 2.57. The molecule has 1 aromatic carbocycles. The lowest BCUT2D eigenvalue weighted by Gasteiger charge is -2.16. The van der Waals surface area contributed by atoms with Gasteiger partial charge in [-0.2, -0.15) is 4.98 Å². The number of rotatable bonds is 8. The first-order chi connectivity index (χ1) is 14.3. The number of aromatic nitrogens is 3. The molecule has 0 saturated carbocycles. The van der Waals surface area contributed by atoms with Crippen LogP contribution in [0.15, 0.2) is 54.9 Å². The van der Waals surface area contributed by atoms with Gasteiger partial charge in [0.05, 0.1) is 11.4 Å². The third-order valence-electron chi connectivity index (χ3n) is 3.92. The third-order valence-corrected chi connectivity index (χ3v) is 3.92. The van der Waals surface area contributed by atoms with Crippen LogP contribution < -0.4 is 15.4 Å². The Morgan fingerprint density at radius 1 is 1.03 bits per heavy atom. The van der Waals surface area contributed by atoms with Crippen LogP contribution in [0.2, 0.25) is 0 Å². The summed E-state index contributed by atoms with van der Waals surface area (Å²) in [6.45, 7) is 1.36. The number of nitrogens with one attached hydrogen (secondary N) is 2. The maximum atomic E-state index is 12.7. The summed E-state index contributed by atoms with van der Waals surface area (Å²) in [7, 11) is 3.89. The maximum Gasteiger partial charge on any atom is 0.573 e. The Labute approximate surface area is 171 Å². The predicted molar refractivity (Wildman–Crippen MR) is 109 cm³/mol. The first-order valence-corrected chi connectivity index (χ1v) is 9.10. The highest BCUT2D eigenvalue weighted by molar-refractivity contribution is 5.69. The van der Waals surface area contributed by atoms with E-state index in [0.717, 1.165) is 12.1 Å². The van der Waals surface area contributed by atoms with Crippen molar-refractivity contribution in [3.05, 3.63) is 54.9 Å². The van der Waals surface area contributed by atoms with Crippen LogP contribution >= 0.6 is 0 Å². The van der Waals surface area contributed by atoms with Gasteiger partial charge in [0.2, 0.25) is 5.95 Å². The van der Waals surface area contributed by atoms with Gasteiger partial charge in [-0.3, -0.25) is 4.98 Å². The Balaban J connectivity index is 1.92. The quantitative estimate of drug-likeness (QED) is 0.569. The van der Waals surface area contributed by atoms with Crippen LogP contribution in [0.4, 0.5) is 30.6 Å². The first-order valence-electron chi connectivity index (χ1n) is 9.10. The number of halogens is 3. The summed E-state index contributed by atoms with van der Waals surface area (Å²) in [5, 5.41) is 6.04. The van der Waals surface area contributed by atoms with Crippen molar-refractivity contribution in [1.29, 1.82) is 0 Å². The molecule has 7 nitrogen and oxygen atoms in total. The fourth-order valence-electron chi connectivity index (χ4n) is 2.57. The Bertz CT molecular complexity index is 966. The minimum atomic E-state index is -4.80. The lowest BCUT2D eigenvalue weighted by molar-refractivity contribution is -0.274. The van der Waals surface area contributed by atoms with Crippen molar-refractivity contribution in [3.8, 4) is 17.0 Å². The number of para-hydroxylation sites is 2. The number of benzene rings is 1. The molecule has 0 spiro atoms. The van der Waals surface area contributed by atoms with Gasteiger partial charge < -0.3 is 20.3 Å². The molecule has 158 valence electrons. The van der Waals surface area contributed by atoms with E-state index in [1.165, 1.54) is 18.2 Å². The second kappa shape index (κ2) is 9.40. The Morgan fingerprint density at radius 3 is 2.47 bits per heavy atom. The summed E-state index contributed by atoms with van der Waals surface area (Å²) < 4.78 is 42.3. The molecule has 0 bridgehead atoms. The van der Waals surface area contributed by atoms with Crippen LogP contribution in [0.5, 0.6) is 5.75 Å². The zero-order valence-electron chi connectivity index (χ0n) is 16.4. The SMILES string of the molecule is CN(C)CCNc1nc(Nc2ccccc2OC(F)(F)F)cc(-c2ccncc2)n1.